The van der Waals surface area contributed by atoms with E-state index in [1.165, 1.54) is 0 Å². The maximum Gasteiger partial charge on any atom is 0.325 e. The quantitative estimate of drug-likeness (QED) is 0.360. The number of hydrogen-bond acceptors (Lipinski definition) is 7. The molecular formula is C10H12N2O6S. The minimum Gasteiger partial charge on any atom is -0.468 e. The monoisotopic (exact) mass is 288 g/mol. The molecule has 0 aromatic heterocycles. The first-order chi connectivity index (χ1) is 8.90. The second-order valence-corrected chi connectivity index (χ2v) is 3.94. The lowest BCUT2D eigenvalue weighted by Gasteiger charge is -2.33. The lowest BCUT2D eigenvalue weighted by atomic mass is 10.2. The highest BCUT2D eigenvalue weighted by Crippen LogP contribution is 2.12. The standard InChI is InChI=1S/C10H12N2O6S/c1-17-8(15)4-11-6(13)3-7(14)12(10(11)19)5-9(16)18-2/h3-5H2,1-2H3. The first kappa shape index (κ1) is 15.0. The number of ether oxygens (including phenoxy) is 2. The van der Waals surface area contributed by atoms with Crippen LogP contribution in [0, 0.1) is 0 Å². The van der Waals surface area contributed by atoms with E-state index in [-0.39, 0.29) is 5.11 Å². The third-order valence-corrected chi connectivity index (χ3v) is 2.84. The molecule has 0 N–H and O–H groups in total. The summed E-state index contributed by atoms with van der Waals surface area (Å²) in [5.74, 6) is -2.57. The van der Waals surface area contributed by atoms with Crippen molar-refractivity contribution in [2.45, 2.75) is 6.42 Å². The first-order valence-electron chi connectivity index (χ1n) is 5.19. The Kier molecular flexibility index (Phi) is 4.93. The third kappa shape index (κ3) is 3.47. The van der Waals surface area contributed by atoms with Crippen molar-refractivity contribution < 1.29 is 28.7 Å². The van der Waals surface area contributed by atoms with Gasteiger partial charge in [-0.05, 0) is 12.2 Å². The number of rotatable bonds is 4. The van der Waals surface area contributed by atoms with E-state index >= 15 is 0 Å². The van der Waals surface area contributed by atoms with Gasteiger partial charge in [0, 0.05) is 0 Å². The maximum atomic E-state index is 11.6. The summed E-state index contributed by atoms with van der Waals surface area (Å²) in [6, 6.07) is 0. The summed E-state index contributed by atoms with van der Waals surface area (Å²) in [6.45, 7) is -0.807. The minimum atomic E-state index is -0.678. The molecule has 19 heavy (non-hydrogen) atoms. The number of esters is 2. The highest BCUT2D eigenvalue weighted by Gasteiger charge is 2.37. The second kappa shape index (κ2) is 6.23. The Labute approximate surface area is 114 Å². The SMILES string of the molecule is COC(=O)CN1C(=O)CC(=O)N(CC(=O)OC)C1=S. The van der Waals surface area contributed by atoms with Gasteiger partial charge < -0.3 is 9.47 Å². The van der Waals surface area contributed by atoms with E-state index in [1.54, 1.807) is 0 Å². The molecule has 0 aromatic rings. The Hall–Kier alpha value is -2.03. The molecule has 9 heteroatoms. The van der Waals surface area contributed by atoms with Gasteiger partial charge in [0.15, 0.2) is 5.11 Å². The zero-order chi connectivity index (χ0) is 14.6. The summed E-state index contributed by atoms with van der Waals surface area (Å²) >= 11 is 4.93. The molecule has 1 rings (SSSR count). The Bertz CT molecular complexity index is 411. The second-order valence-electron chi connectivity index (χ2n) is 3.57. The predicted molar refractivity (Wildman–Crippen MR) is 64.7 cm³/mol. The fourth-order valence-electron chi connectivity index (χ4n) is 1.38. The van der Waals surface area contributed by atoms with Crippen LogP contribution in [0.4, 0.5) is 0 Å². The van der Waals surface area contributed by atoms with E-state index in [0.29, 0.717) is 0 Å². The molecule has 1 aliphatic rings. The summed E-state index contributed by atoms with van der Waals surface area (Å²) in [4.78, 5) is 47.4. The van der Waals surface area contributed by atoms with Crippen molar-refractivity contribution in [3.05, 3.63) is 0 Å². The molecule has 0 radical (unpaired) electrons. The van der Waals surface area contributed by atoms with Crippen LogP contribution in [0.3, 0.4) is 0 Å². The molecule has 1 aliphatic heterocycles. The average Bonchev–Trinajstić information content (AvgIpc) is 2.38. The van der Waals surface area contributed by atoms with Crippen molar-refractivity contribution in [1.82, 2.24) is 9.80 Å². The third-order valence-electron chi connectivity index (χ3n) is 2.40. The van der Waals surface area contributed by atoms with E-state index < -0.39 is 43.3 Å². The average molecular weight is 288 g/mol. The summed E-state index contributed by atoms with van der Waals surface area (Å²) in [5.41, 5.74) is 0. The minimum absolute atomic E-state index is 0.211. The van der Waals surface area contributed by atoms with Gasteiger partial charge in [-0.3, -0.25) is 29.0 Å². The van der Waals surface area contributed by atoms with E-state index in [2.05, 4.69) is 9.47 Å². The van der Waals surface area contributed by atoms with Crippen molar-refractivity contribution in [2.24, 2.45) is 0 Å². The van der Waals surface area contributed by atoms with Gasteiger partial charge in [0.05, 0.1) is 14.2 Å². The molecule has 8 nitrogen and oxygen atoms in total. The molecule has 0 spiro atoms. The predicted octanol–water partition coefficient (Wildman–Crippen LogP) is -1.32. The zero-order valence-corrected chi connectivity index (χ0v) is 11.2. The van der Waals surface area contributed by atoms with E-state index in [1.807, 2.05) is 0 Å². The fourth-order valence-corrected chi connectivity index (χ4v) is 1.71. The maximum absolute atomic E-state index is 11.6. The summed E-state index contributed by atoms with van der Waals surface area (Å²) in [6.07, 6.45) is -0.464. The van der Waals surface area contributed by atoms with Crippen LogP contribution in [-0.4, -0.2) is 66.0 Å². The van der Waals surface area contributed by atoms with Gasteiger partial charge in [0.1, 0.15) is 19.5 Å². The van der Waals surface area contributed by atoms with Crippen molar-refractivity contribution in [2.75, 3.05) is 27.3 Å². The molecule has 0 bridgehead atoms. The Morgan fingerprint density at radius 1 is 1.05 bits per heavy atom. The van der Waals surface area contributed by atoms with Crippen LogP contribution in [0.15, 0.2) is 0 Å². The summed E-state index contributed by atoms with van der Waals surface area (Å²) < 4.78 is 8.85. The Morgan fingerprint density at radius 2 is 1.42 bits per heavy atom. The number of amides is 2. The number of methoxy groups -OCH3 is 2. The van der Waals surface area contributed by atoms with Crippen LogP contribution in [0.2, 0.25) is 0 Å². The molecule has 0 atom stereocenters. The fraction of sp³-hybridized carbons (Fsp3) is 0.500. The molecule has 2 amide bonds. The Morgan fingerprint density at radius 3 is 1.74 bits per heavy atom. The van der Waals surface area contributed by atoms with E-state index in [9.17, 15) is 19.2 Å². The topological polar surface area (TPSA) is 93.2 Å². The molecule has 104 valence electrons. The van der Waals surface area contributed by atoms with E-state index in [4.69, 9.17) is 12.2 Å². The first-order valence-corrected chi connectivity index (χ1v) is 5.59. The Balaban J connectivity index is 2.86. The van der Waals surface area contributed by atoms with Gasteiger partial charge in [0.2, 0.25) is 11.8 Å². The molecule has 0 aliphatic carbocycles. The van der Waals surface area contributed by atoms with Crippen molar-refractivity contribution >= 4 is 41.1 Å². The smallest absolute Gasteiger partial charge is 0.325 e. The van der Waals surface area contributed by atoms with Gasteiger partial charge in [-0.1, -0.05) is 0 Å². The lowest BCUT2D eigenvalue weighted by molar-refractivity contribution is -0.151. The normalized spacial score (nSPS) is 15.6. The molecule has 1 heterocycles. The van der Waals surface area contributed by atoms with Gasteiger partial charge in [0.25, 0.3) is 0 Å². The molecule has 0 saturated carbocycles. The van der Waals surface area contributed by atoms with Crippen LogP contribution >= 0.6 is 12.2 Å². The van der Waals surface area contributed by atoms with Gasteiger partial charge >= 0.3 is 11.9 Å². The highest BCUT2D eigenvalue weighted by atomic mass is 32.1. The lowest BCUT2D eigenvalue weighted by Crippen LogP contribution is -2.57. The van der Waals surface area contributed by atoms with Crippen LogP contribution in [0.1, 0.15) is 6.42 Å². The van der Waals surface area contributed by atoms with Crippen molar-refractivity contribution in [1.29, 1.82) is 0 Å². The number of carbonyl (C=O) groups is 4. The largest absolute Gasteiger partial charge is 0.468 e. The molecule has 0 aromatic carbocycles. The number of carbonyl (C=O) groups excluding carboxylic acids is 4. The van der Waals surface area contributed by atoms with E-state index in [0.717, 1.165) is 24.0 Å². The molecule has 1 fully saturated rings. The van der Waals surface area contributed by atoms with Gasteiger partial charge in [-0.2, -0.15) is 0 Å². The zero-order valence-electron chi connectivity index (χ0n) is 10.4. The van der Waals surface area contributed by atoms with Crippen molar-refractivity contribution in [3.63, 3.8) is 0 Å². The van der Waals surface area contributed by atoms with Crippen LogP contribution in [0.25, 0.3) is 0 Å². The highest BCUT2D eigenvalue weighted by molar-refractivity contribution is 7.80. The molecular weight excluding hydrogens is 276 g/mol. The molecule has 1 saturated heterocycles. The van der Waals surface area contributed by atoms with Gasteiger partial charge in [-0.25, -0.2) is 0 Å². The van der Waals surface area contributed by atoms with Crippen LogP contribution in [-0.2, 0) is 28.7 Å². The molecule has 0 unspecified atom stereocenters. The van der Waals surface area contributed by atoms with Crippen LogP contribution in [0.5, 0.6) is 0 Å². The summed E-state index contributed by atoms with van der Waals surface area (Å²) in [5, 5.41) is -0.211. The van der Waals surface area contributed by atoms with Crippen LogP contribution < -0.4 is 0 Å². The number of hydrogen-bond donors (Lipinski definition) is 0. The van der Waals surface area contributed by atoms with Gasteiger partial charge in [-0.15, -0.1) is 0 Å². The number of thiocarbonyl (C=S) groups is 1. The number of nitrogens with zero attached hydrogens (tertiary/aromatic N) is 2. The van der Waals surface area contributed by atoms with Crippen molar-refractivity contribution in [3.8, 4) is 0 Å². The summed E-state index contributed by atoms with van der Waals surface area (Å²) in [7, 11) is 2.33.